The minimum atomic E-state index is 0.666. The lowest BCUT2D eigenvalue weighted by Crippen LogP contribution is -1.90. The fourth-order valence-electron chi connectivity index (χ4n) is 1.32. The van der Waals surface area contributed by atoms with Crippen molar-refractivity contribution in [1.82, 2.24) is 9.38 Å². The SMILES string of the molecule is C#Cc1cnc2c(C)cc(Cl)cn12. The number of aryl methyl sites for hydroxylation is 1. The number of imidazole rings is 1. The van der Waals surface area contributed by atoms with Gasteiger partial charge in [0.2, 0.25) is 0 Å². The van der Waals surface area contributed by atoms with Gasteiger partial charge >= 0.3 is 0 Å². The predicted molar refractivity (Wildman–Crippen MR) is 52.9 cm³/mol. The topological polar surface area (TPSA) is 17.3 Å². The highest BCUT2D eigenvalue weighted by atomic mass is 35.5. The third-order valence-corrected chi connectivity index (χ3v) is 2.11. The van der Waals surface area contributed by atoms with Gasteiger partial charge in [-0.15, -0.1) is 6.42 Å². The molecule has 0 saturated heterocycles. The summed E-state index contributed by atoms with van der Waals surface area (Å²) in [7, 11) is 0. The number of terminal acetylenes is 1. The molecular formula is C10H7ClN2. The smallest absolute Gasteiger partial charge is 0.140 e. The first-order chi connectivity index (χ1) is 6.22. The van der Waals surface area contributed by atoms with Crippen LogP contribution in [0.3, 0.4) is 0 Å². The number of hydrogen-bond donors (Lipinski definition) is 0. The number of hydrogen-bond acceptors (Lipinski definition) is 1. The average molecular weight is 191 g/mol. The lowest BCUT2D eigenvalue weighted by molar-refractivity contribution is 1.14. The summed E-state index contributed by atoms with van der Waals surface area (Å²) in [5.74, 6) is 2.55. The van der Waals surface area contributed by atoms with Crippen molar-refractivity contribution in [1.29, 1.82) is 0 Å². The zero-order valence-corrected chi connectivity index (χ0v) is 7.84. The molecule has 0 aliphatic heterocycles. The number of fused-ring (bicyclic) bond motifs is 1. The molecule has 13 heavy (non-hydrogen) atoms. The van der Waals surface area contributed by atoms with Crippen LogP contribution < -0.4 is 0 Å². The van der Waals surface area contributed by atoms with E-state index in [0.29, 0.717) is 5.02 Å². The summed E-state index contributed by atoms with van der Waals surface area (Å²) in [5, 5.41) is 0.666. The van der Waals surface area contributed by atoms with Gasteiger partial charge in [0.05, 0.1) is 11.2 Å². The highest BCUT2D eigenvalue weighted by Gasteiger charge is 2.03. The molecule has 2 nitrogen and oxygen atoms in total. The van der Waals surface area contributed by atoms with Crippen molar-refractivity contribution in [3.8, 4) is 12.3 Å². The van der Waals surface area contributed by atoms with Gasteiger partial charge in [-0.25, -0.2) is 4.98 Å². The molecular weight excluding hydrogens is 184 g/mol. The molecule has 0 amide bonds. The van der Waals surface area contributed by atoms with Gasteiger partial charge in [-0.3, -0.25) is 4.40 Å². The van der Waals surface area contributed by atoms with Crippen molar-refractivity contribution in [3.63, 3.8) is 0 Å². The second kappa shape index (κ2) is 2.79. The third-order valence-electron chi connectivity index (χ3n) is 1.90. The summed E-state index contributed by atoms with van der Waals surface area (Å²) in [5.41, 5.74) is 2.60. The van der Waals surface area contributed by atoms with Crippen LogP contribution in [0.4, 0.5) is 0 Å². The maximum Gasteiger partial charge on any atom is 0.140 e. The lowest BCUT2D eigenvalue weighted by Gasteiger charge is -1.99. The molecule has 0 bridgehead atoms. The third kappa shape index (κ3) is 1.18. The Balaban J connectivity index is 2.92. The maximum atomic E-state index is 5.89. The number of pyridine rings is 1. The van der Waals surface area contributed by atoms with E-state index in [-0.39, 0.29) is 0 Å². The molecule has 64 valence electrons. The maximum absolute atomic E-state index is 5.89. The molecule has 2 rings (SSSR count). The molecule has 0 radical (unpaired) electrons. The molecule has 0 fully saturated rings. The lowest BCUT2D eigenvalue weighted by atomic mass is 10.3. The van der Waals surface area contributed by atoms with Crippen LogP contribution >= 0.6 is 11.6 Å². The second-order valence-corrected chi connectivity index (χ2v) is 3.26. The monoisotopic (exact) mass is 190 g/mol. The molecule has 0 saturated carbocycles. The van der Waals surface area contributed by atoms with Crippen molar-refractivity contribution >= 4 is 17.2 Å². The molecule has 0 aliphatic rings. The Morgan fingerprint density at radius 3 is 3.08 bits per heavy atom. The van der Waals surface area contributed by atoms with Crippen LogP contribution in [-0.4, -0.2) is 9.38 Å². The van der Waals surface area contributed by atoms with Gasteiger partial charge in [0.1, 0.15) is 11.3 Å². The Morgan fingerprint density at radius 2 is 2.38 bits per heavy atom. The van der Waals surface area contributed by atoms with Crippen molar-refractivity contribution in [3.05, 3.63) is 34.7 Å². The van der Waals surface area contributed by atoms with E-state index < -0.39 is 0 Å². The first kappa shape index (κ1) is 8.15. The van der Waals surface area contributed by atoms with Crippen LogP contribution in [0.15, 0.2) is 18.5 Å². The predicted octanol–water partition coefficient (Wildman–Crippen LogP) is 2.28. The van der Waals surface area contributed by atoms with Crippen LogP contribution in [0, 0.1) is 19.3 Å². The minimum absolute atomic E-state index is 0.666. The van der Waals surface area contributed by atoms with E-state index in [1.165, 1.54) is 0 Å². The van der Waals surface area contributed by atoms with E-state index in [0.717, 1.165) is 16.9 Å². The molecule has 0 unspecified atom stereocenters. The van der Waals surface area contributed by atoms with E-state index in [4.69, 9.17) is 18.0 Å². The van der Waals surface area contributed by atoms with Crippen LogP contribution in [0.2, 0.25) is 5.02 Å². The Kier molecular flexibility index (Phi) is 1.75. The fraction of sp³-hybridized carbons (Fsp3) is 0.100. The van der Waals surface area contributed by atoms with Gasteiger partial charge in [-0.1, -0.05) is 17.5 Å². The second-order valence-electron chi connectivity index (χ2n) is 2.82. The molecule has 0 aliphatic carbocycles. The van der Waals surface area contributed by atoms with Crippen molar-refractivity contribution in [2.24, 2.45) is 0 Å². The molecule has 2 aromatic heterocycles. The van der Waals surface area contributed by atoms with Crippen LogP contribution in [0.25, 0.3) is 5.65 Å². The van der Waals surface area contributed by atoms with Gasteiger partial charge in [0, 0.05) is 6.20 Å². The van der Waals surface area contributed by atoms with E-state index in [1.807, 2.05) is 17.4 Å². The van der Waals surface area contributed by atoms with E-state index in [1.54, 1.807) is 12.4 Å². The molecule has 3 heteroatoms. The summed E-state index contributed by atoms with van der Waals surface area (Å²) in [6.45, 7) is 1.95. The highest BCUT2D eigenvalue weighted by Crippen LogP contribution is 2.16. The first-order valence-electron chi connectivity index (χ1n) is 3.82. The van der Waals surface area contributed by atoms with Crippen LogP contribution in [-0.2, 0) is 0 Å². The standard InChI is InChI=1S/C10H7ClN2/c1-3-9-5-12-10-7(2)4-8(11)6-13(9)10/h1,4-6H,2H3. The molecule has 0 spiro atoms. The fourth-order valence-corrected chi connectivity index (χ4v) is 1.58. The van der Waals surface area contributed by atoms with Gasteiger partial charge in [-0.05, 0) is 18.6 Å². The highest BCUT2D eigenvalue weighted by molar-refractivity contribution is 6.30. The number of nitrogens with zero attached hydrogens (tertiary/aromatic N) is 2. The van der Waals surface area contributed by atoms with Gasteiger partial charge in [-0.2, -0.15) is 0 Å². The summed E-state index contributed by atoms with van der Waals surface area (Å²) in [6, 6.07) is 1.87. The van der Waals surface area contributed by atoms with Gasteiger partial charge in [0.15, 0.2) is 0 Å². The summed E-state index contributed by atoms with van der Waals surface area (Å²) < 4.78 is 1.82. The molecule has 2 heterocycles. The van der Waals surface area contributed by atoms with Gasteiger partial charge in [0.25, 0.3) is 0 Å². The summed E-state index contributed by atoms with van der Waals surface area (Å²) in [6.07, 6.45) is 8.74. The van der Waals surface area contributed by atoms with E-state index in [2.05, 4.69) is 10.9 Å². The number of rotatable bonds is 0. The van der Waals surface area contributed by atoms with Gasteiger partial charge < -0.3 is 0 Å². The normalized spacial score (nSPS) is 10.2. The first-order valence-corrected chi connectivity index (χ1v) is 4.20. The quantitative estimate of drug-likeness (QED) is 0.583. The summed E-state index contributed by atoms with van der Waals surface area (Å²) >= 11 is 5.89. The van der Waals surface area contributed by atoms with Crippen LogP contribution in [0.5, 0.6) is 0 Å². The van der Waals surface area contributed by atoms with E-state index in [9.17, 15) is 0 Å². The molecule has 2 aromatic rings. The number of aromatic nitrogens is 2. The zero-order chi connectivity index (χ0) is 9.42. The number of halogens is 1. The average Bonchev–Trinajstić information content (AvgIpc) is 2.47. The van der Waals surface area contributed by atoms with E-state index >= 15 is 0 Å². The summed E-state index contributed by atoms with van der Waals surface area (Å²) in [4.78, 5) is 4.19. The zero-order valence-electron chi connectivity index (χ0n) is 7.08. The Bertz CT molecular complexity index is 505. The Labute approximate surface area is 81.2 Å². The van der Waals surface area contributed by atoms with Crippen molar-refractivity contribution in [2.45, 2.75) is 6.92 Å². The van der Waals surface area contributed by atoms with Crippen molar-refractivity contribution < 1.29 is 0 Å². The Morgan fingerprint density at radius 1 is 1.62 bits per heavy atom. The largest absolute Gasteiger partial charge is 0.291 e. The Hall–Kier alpha value is -1.46. The minimum Gasteiger partial charge on any atom is -0.291 e. The van der Waals surface area contributed by atoms with Crippen LogP contribution in [0.1, 0.15) is 11.3 Å². The molecule has 0 atom stereocenters. The molecule has 0 N–H and O–H groups in total. The van der Waals surface area contributed by atoms with Crippen molar-refractivity contribution in [2.75, 3.05) is 0 Å². The molecule has 0 aromatic carbocycles.